The summed E-state index contributed by atoms with van der Waals surface area (Å²) in [6.45, 7) is 0. The molecule has 0 saturated heterocycles. The average Bonchev–Trinajstić information content (AvgIpc) is 3.50. The standard InChI is InChI=1S/C26H12Cl3F10N3O3/c27-18-10(21(43)41-15-4-3-13(31)20(19(15)33)42-23(45)26(37,38)39)6-9(7-14(18)32)40-22(44)17-16(24(17,28)29)8-1-2-12(30)11(5-8)25(34,35)36/h1-7,16-17H,(H,40,44)(H,41,43)(H,42,45)/t16-,17+/m0/s1. The molecule has 0 aromatic heterocycles. The quantitative estimate of drug-likeness (QED) is 0.178. The number of benzene rings is 3. The minimum atomic E-state index is -5.52. The molecule has 19 heteroatoms. The van der Waals surface area contributed by atoms with E-state index in [1.807, 2.05) is 5.32 Å². The molecule has 4 rings (SSSR count). The van der Waals surface area contributed by atoms with Gasteiger partial charge in [0.2, 0.25) is 5.91 Å². The first-order valence-corrected chi connectivity index (χ1v) is 13.0. The van der Waals surface area contributed by atoms with Crippen molar-refractivity contribution in [3.63, 3.8) is 0 Å². The Morgan fingerprint density at radius 1 is 0.778 bits per heavy atom. The molecule has 2 atom stereocenters. The fraction of sp³-hybridized carbons (Fsp3) is 0.192. The number of rotatable bonds is 6. The Bertz CT molecular complexity index is 1730. The number of amides is 3. The lowest BCUT2D eigenvalue weighted by Crippen LogP contribution is -2.31. The predicted octanol–water partition coefficient (Wildman–Crippen LogP) is 8.19. The van der Waals surface area contributed by atoms with Gasteiger partial charge in [-0.2, -0.15) is 26.3 Å². The highest BCUT2D eigenvalue weighted by molar-refractivity contribution is 6.53. The van der Waals surface area contributed by atoms with Crippen molar-refractivity contribution in [3.05, 3.63) is 87.4 Å². The van der Waals surface area contributed by atoms with Gasteiger partial charge in [0, 0.05) is 11.6 Å². The highest BCUT2D eigenvalue weighted by Crippen LogP contribution is 2.65. The Morgan fingerprint density at radius 3 is 2.00 bits per heavy atom. The number of alkyl halides is 8. The first-order valence-electron chi connectivity index (χ1n) is 11.9. The number of anilines is 3. The van der Waals surface area contributed by atoms with Crippen LogP contribution in [-0.4, -0.2) is 28.2 Å². The summed E-state index contributed by atoms with van der Waals surface area (Å²) in [5, 5.41) is 4.05. The van der Waals surface area contributed by atoms with Gasteiger partial charge in [0.15, 0.2) is 5.82 Å². The topological polar surface area (TPSA) is 87.3 Å². The van der Waals surface area contributed by atoms with Crippen molar-refractivity contribution in [1.29, 1.82) is 0 Å². The van der Waals surface area contributed by atoms with E-state index >= 15 is 0 Å². The van der Waals surface area contributed by atoms with Gasteiger partial charge in [-0.25, -0.2) is 17.6 Å². The molecule has 1 fully saturated rings. The van der Waals surface area contributed by atoms with E-state index in [1.54, 1.807) is 0 Å². The van der Waals surface area contributed by atoms with Crippen LogP contribution in [-0.2, 0) is 15.8 Å². The van der Waals surface area contributed by atoms with Crippen LogP contribution < -0.4 is 16.0 Å². The third-order valence-corrected chi connectivity index (χ3v) is 7.69. The van der Waals surface area contributed by atoms with Gasteiger partial charge in [-0.15, -0.1) is 23.2 Å². The summed E-state index contributed by atoms with van der Waals surface area (Å²) in [6, 6.07) is 4.20. The zero-order valence-electron chi connectivity index (χ0n) is 21.3. The summed E-state index contributed by atoms with van der Waals surface area (Å²) in [5.74, 6) is -14.4. The minimum Gasteiger partial charge on any atom is -0.326 e. The third kappa shape index (κ3) is 6.92. The van der Waals surface area contributed by atoms with Crippen LogP contribution in [0.3, 0.4) is 0 Å². The van der Waals surface area contributed by atoms with Crippen LogP contribution in [0.25, 0.3) is 0 Å². The van der Waals surface area contributed by atoms with E-state index in [-0.39, 0.29) is 5.56 Å². The highest BCUT2D eigenvalue weighted by atomic mass is 35.5. The molecule has 0 aliphatic heterocycles. The van der Waals surface area contributed by atoms with Gasteiger partial charge in [-0.3, -0.25) is 14.4 Å². The number of hydrogen-bond acceptors (Lipinski definition) is 3. The maximum absolute atomic E-state index is 14.7. The van der Waals surface area contributed by atoms with E-state index in [0.29, 0.717) is 30.3 Å². The molecule has 6 nitrogen and oxygen atoms in total. The lowest BCUT2D eigenvalue weighted by molar-refractivity contribution is -0.167. The Kier molecular flexibility index (Phi) is 9.00. The summed E-state index contributed by atoms with van der Waals surface area (Å²) < 4.78 is 132. The molecule has 45 heavy (non-hydrogen) atoms. The maximum Gasteiger partial charge on any atom is 0.471 e. The first-order chi connectivity index (χ1) is 20.6. The van der Waals surface area contributed by atoms with Crippen molar-refractivity contribution in [1.82, 2.24) is 0 Å². The molecule has 3 amide bonds. The number of carbonyl (C=O) groups is 3. The van der Waals surface area contributed by atoms with E-state index in [9.17, 15) is 58.3 Å². The summed E-state index contributed by atoms with van der Waals surface area (Å²) in [7, 11) is 0. The molecule has 3 aromatic rings. The van der Waals surface area contributed by atoms with Crippen LogP contribution in [0.4, 0.5) is 61.0 Å². The van der Waals surface area contributed by atoms with Gasteiger partial charge in [0.25, 0.3) is 5.91 Å². The second-order valence-corrected chi connectivity index (χ2v) is 11.2. The highest BCUT2D eigenvalue weighted by Gasteiger charge is 2.67. The van der Waals surface area contributed by atoms with Gasteiger partial charge in [0.1, 0.15) is 27.5 Å². The van der Waals surface area contributed by atoms with Crippen molar-refractivity contribution >= 4 is 69.6 Å². The van der Waals surface area contributed by atoms with Crippen LogP contribution in [0, 0.1) is 29.2 Å². The van der Waals surface area contributed by atoms with E-state index < -0.39 is 103 Å². The van der Waals surface area contributed by atoms with E-state index in [4.69, 9.17) is 34.8 Å². The Morgan fingerprint density at radius 2 is 1.40 bits per heavy atom. The van der Waals surface area contributed by atoms with Crippen molar-refractivity contribution < 1.29 is 58.3 Å². The molecule has 0 heterocycles. The largest absolute Gasteiger partial charge is 0.471 e. The predicted molar refractivity (Wildman–Crippen MR) is 141 cm³/mol. The summed E-state index contributed by atoms with van der Waals surface area (Å²) in [4.78, 5) is 36.9. The van der Waals surface area contributed by atoms with Crippen LogP contribution in [0.15, 0.2) is 42.5 Å². The van der Waals surface area contributed by atoms with E-state index in [2.05, 4.69) is 5.32 Å². The smallest absolute Gasteiger partial charge is 0.326 e. The maximum atomic E-state index is 14.7. The molecule has 240 valence electrons. The van der Waals surface area contributed by atoms with Crippen molar-refractivity contribution in [3.8, 4) is 0 Å². The van der Waals surface area contributed by atoms with E-state index in [0.717, 1.165) is 17.4 Å². The fourth-order valence-corrected chi connectivity index (χ4v) is 5.23. The average molecular weight is 711 g/mol. The molecule has 0 unspecified atom stereocenters. The number of halogens is 13. The number of nitrogens with one attached hydrogen (secondary N) is 3. The van der Waals surface area contributed by atoms with Crippen LogP contribution >= 0.6 is 34.8 Å². The van der Waals surface area contributed by atoms with E-state index in [1.165, 1.54) is 0 Å². The Balaban J connectivity index is 1.57. The monoisotopic (exact) mass is 709 g/mol. The van der Waals surface area contributed by atoms with Crippen LogP contribution in [0.2, 0.25) is 5.02 Å². The minimum absolute atomic E-state index is 0.247. The van der Waals surface area contributed by atoms with Gasteiger partial charge in [-0.05, 0) is 42.0 Å². The molecule has 3 N–H and O–H groups in total. The molecular formula is C26H12Cl3F10N3O3. The molecule has 1 aliphatic rings. The molecule has 1 saturated carbocycles. The summed E-state index contributed by atoms with van der Waals surface area (Å²) in [5.41, 5.74) is -5.71. The Hall–Kier alpha value is -3.76. The number of carbonyl (C=O) groups excluding carboxylic acids is 3. The summed E-state index contributed by atoms with van der Waals surface area (Å²) in [6.07, 6.45) is -10.6. The number of hydrogen-bond donors (Lipinski definition) is 3. The van der Waals surface area contributed by atoms with Crippen molar-refractivity contribution in [2.75, 3.05) is 16.0 Å². The lowest BCUT2D eigenvalue weighted by Gasteiger charge is -2.14. The fourth-order valence-electron chi connectivity index (χ4n) is 4.21. The molecular weight excluding hydrogens is 699 g/mol. The molecule has 3 aromatic carbocycles. The van der Waals surface area contributed by atoms with Gasteiger partial charge < -0.3 is 16.0 Å². The summed E-state index contributed by atoms with van der Waals surface area (Å²) >= 11 is 18.1. The van der Waals surface area contributed by atoms with Crippen molar-refractivity contribution in [2.45, 2.75) is 22.6 Å². The SMILES string of the molecule is O=C(Nc1ccc(F)c(NC(=O)C(F)(F)F)c1F)c1cc(NC(=O)[C@H]2[C@H](c3ccc(F)c(C(F)(F)F)c3)C2(Cl)Cl)cc(F)c1Cl. The van der Waals surface area contributed by atoms with Gasteiger partial charge in [0.05, 0.1) is 27.8 Å². The third-order valence-electron chi connectivity index (χ3n) is 6.37. The zero-order valence-corrected chi connectivity index (χ0v) is 23.6. The van der Waals surface area contributed by atoms with Crippen molar-refractivity contribution in [2.24, 2.45) is 5.92 Å². The molecule has 1 aliphatic carbocycles. The van der Waals surface area contributed by atoms with Crippen LogP contribution in [0.1, 0.15) is 27.4 Å². The molecule has 0 spiro atoms. The van der Waals surface area contributed by atoms with Gasteiger partial charge >= 0.3 is 18.3 Å². The van der Waals surface area contributed by atoms with Gasteiger partial charge in [-0.1, -0.05) is 17.7 Å². The molecule has 0 bridgehead atoms. The zero-order chi connectivity index (χ0) is 33.8. The normalized spacial score (nSPS) is 17.4. The second-order valence-electron chi connectivity index (χ2n) is 9.37. The Labute approximate surface area is 259 Å². The lowest BCUT2D eigenvalue weighted by atomic mass is 10.0. The molecule has 0 radical (unpaired) electrons. The van der Waals surface area contributed by atoms with Crippen LogP contribution in [0.5, 0.6) is 0 Å². The second kappa shape index (κ2) is 11.9. The first kappa shape index (κ1) is 34.1.